The summed E-state index contributed by atoms with van der Waals surface area (Å²) in [7, 11) is -3.57. The molecule has 0 aliphatic heterocycles. The van der Waals surface area contributed by atoms with E-state index < -0.39 is 15.6 Å². The van der Waals surface area contributed by atoms with Gasteiger partial charge in [0.05, 0.1) is 10.5 Å². The Kier molecular flexibility index (Phi) is 4.35. The number of aryl methyl sites for hydroxylation is 1. The Hall–Kier alpha value is -0.430. The van der Waals surface area contributed by atoms with Crippen molar-refractivity contribution in [3.63, 3.8) is 0 Å². The minimum absolute atomic E-state index is 0.0230. The Morgan fingerprint density at radius 1 is 1.41 bits per heavy atom. The van der Waals surface area contributed by atoms with E-state index in [0.29, 0.717) is 5.56 Å². The van der Waals surface area contributed by atoms with Crippen molar-refractivity contribution in [1.29, 1.82) is 0 Å². The van der Waals surface area contributed by atoms with Crippen LogP contribution < -0.4 is 4.72 Å². The van der Waals surface area contributed by atoms with Crippen LogP contribution in [0, 0.1) is 6.92 Å². The molecule has 0 radical (unpaired) electrons. The van der Waals surface area contributed by atoms with Gasteiger partial charge in [-0.2, -0.15) is 0 Å². The SMILES string of the molecule is Cc1cc(Br)ccc1S(=O)(=O)NCC(C)(C)O. The first kappa shape index (κ1) is 14.6. The molecular formula is C11H16BrNO3S. The fourth-order valence-corrected chi connectivity index (χ4v) is 3.17. The Labute approximate surface area is 110 Å². The molecule has 17 heavy (non-hydrogen) atoms. The number of hydrogen-bond acceptors (Lipinski definition) is 3. The number of halogens is 1. The van der Waals surface area contributed by atoms with Crippen LogP contribution >= 0.6 is 15.9 Å². The van der Waals surface area contributed by atoms with Crippen LogP contribution in [-0.2, 0) is 10.0 Å². The fourth-order valence-electron chi connectivity index (χ4n) is 1.26. The summed E-state index contributed by atoms with van der Waals surface area (Å²) in [5.41, 5.74) is -0.418. The van der Waals surface area contributed by atoms with Crippen molar-refractivity contribution >= 4 is 26.0 Å². The lowest BCUT2D eigenvalue weighted by Gasteiger charge is -2.18. The van der Waals surface area contributed by atoms with Crippen LogP contribution in [0.2, 0.25) is 0 Å². The number of rotatable bonds is 4. The second kappa shape index (κ2) is 5.06. The molecule has 0 aliphatic rings. The van der Waals surface area contributed by atoms with E-state index in [1.54, 1.807) is 32.9 Å². The second-order valence-electron chi connectivity index (χ2n) is 4.55. The molecule has 2 N–H and O–H groups in total. The monoisotopic (exact) mass is 321 g/mol. The number of sulfonamides is 1. The molecule has 0 unspecified atom stereocenters. The number of nitrogens with one attached hydrogen (secondary N) is 1. The molecule has 1 aromatic rings. The molecule has 0 saturated heterocycles. The summed E-state index contributed by atoms with van der Waals surface area (Å²) in [4.78, 5) is 0.227. The quantitative estimate of drug-likeness (QED) is 0.888. The van der Waals surface area contributed by atoms with Gasteiger partial charge in [0.15, 0.2) is 0 Å². The van der Waals surface area contributed by atoms with E-state index in [2.05, 4.69) is 20.7 Å². The zero-order chi connectivity index (χ0) is 13.3. The van der Waals surface area contributed by atoms with E-state index in [9.17, 15) is 13.5 Å². The summed E-state index contributed by atoms with van der Waals surface area (Å²) in [5.74, 6) is 0. The first-order valence-electron chi connectivity index (χ1n) is 5.10. The molecule has 0 aliphatic carbocycles. The summed E-state index contributed by atoms with van der Waals surface area (Å²) in [5, 5.41) is 9.51. The molecule has 1 rings (SSSR count). The molecule has 0 aromatic heterocycles. The van der Waals surface area contributed by atoms with Gasteiger partial charge in [-0.3, -0.25) is 0 Å². The van der Waals surface area contributed by atoms with E-state index >= 15 is 0 Å². The smallest absolute Gasteiger partial charge is 0.240 e. The number of hydrogen-bond donors (Lipinski definition) is 2. The van der Waals surface area contributed by atoms with Gasteiger partial charge in [0.2, 0.25) is 10.0 Å². The Morgan fingerprint density at radius 2 is 2.00 bits per heavy atom. The van der Waals surface area contributed by atoms with Gasteiger partial charge < -0.3 is 5.11 Å². The van der Waals surface area contributed by atoms with Gasteiger partial charge in [-0.25, -0.2) is 13.1 Å². The van der Waals surface area contributed by atoms with Gasteiger partial charge in [-0.05, 0) is 44.5 Å². The first-order valence-corrected chi connectivity index (χ1v) is 7.38. The lowest BCUT2D eigenvalue weighted by molar-refractivity contribution is 0.0857. The zero-order valence-corrected chi connectivity index (χ0v) is 12.4. The average molecular weight is 322 g/mol. The molecule has 0 heterocycles. The van der Waals surface area contributed by atoms with Crippen LogP contribution in [0.5, 0.6) is 0 Å². The average Bonchev–Trinajstić information content (AvgIpc) is 2.13. The molecule has 0 saturated carbocycles. The lowest BCUT2D eigenvalue weighted by atomic mass is 10.1. The van der Waals surface area contributed by atoms with E-state index in [1.807, 2.05) is 0 Å². The summed E-state index contributed by atoms with van der Waals surface area (Å²) in [6, 6.07) is 4.94. The third kappa shape index (κ3) is 4.39. The molecule has 96 valence electrons. The largest absolute Gasteiger partial charge is 0.389 e. The number of benzene rings is 1. The van der Waals surface area contributed by atoms with Gasteiger partial charge in [-0.15, -0.1) is 0 Å². The maximum atomic E-state index is 12.0. The lowest BCUT2D eigenvalue weighted by Crippen LogP contribution is -2.38. The number of aliphatic hydroxyl groups is 1. The summed E-state index contributed by atoms with van der Waals surface area (Å²) >= 11 is 3.28. The topological polar surface area (TPSA) is 66.4 Å². The van der Waals surface area contributed by atoms with E-state index in [-0.39, 0.29) is 11.4 Å². The molecule has 6 heteroatoms. The normalized spacial score (nSPS) is 12.8. The third-order valence-electron chi connectivity index (χ3n) is 2.12. The van der Waals surface area contributed by atoms with Crippen LogP contribution in [0.1, 0.15) is 19.4 Å². The third-order valence-corrected chi connectivity index (χ3v) is 4.18. The Morgan fingerprint density at radius 3 is 2.47 bits per heavy atom. The Bertz CT molecular complexity index is 506. The highest BCUT2D eigenvalue weighted by molar-refractivity contribution is 9.10. The highest BCUT2D eigenvalue weighted by Gasteiger charge is 2.21. The summed E-state index contributed by atoms with van der Waals surface area (Å²) in [6.45, 7) is 4.79. The van der Waals surface area contributed by atoms with Crippen LogP contribution in [0.4, 0.5) is 0 Å². The van der Waals surface area contributed by atoms with Gasteiger partial charge in [0.25, 0.3) is 0 Å². The summed E-state index contributed by atoms with van der Waals surface area (Å²) < 4.78 is 27.2. The maximum absolute atomic E-state index is 12.0. The zero-order valence-electron chi connectivity index (χ0n) is 9.99. The molecule has 0 bridgehead atoms. The highest BCUT2D eigenvalue weighted by Crippen LogP contribution is 2.20. The van der Waals surface area contributed by atoms with Gasteiger partial charge in [-0.1, -0.05) is 15.9 Å². The molecule has 0 fully saturated rings. The minimum atomic E-state index is -3.57. The van der Waals surface area contributed by atoms with Crippen molar-refractivity contribution in [3.05, 3.63) is 28.2 Å². The summed E-state index contributed by atoms with van der Waals surface area (Å²) in [6.07, 6.45) is 0. The van der Waals surface area contributed by atoms with E-state index in [4.69, 9.17) is 0 Å². The molecule has 0 atom stereocenters. The maximum Gasteiger partial charge on any atom is 0.240 e. The fraction of sp³-hybridized carbons (Fsp3) is 0.455. The standard InChI is InChI=1S/C11H16BrNO3S/c1-8-6-9(12)4-5-10(8)17(15,16)13-7-11(2,3)14/h4-6,13-14H,7H2,1-3H3. The van der Waals surface area contributed by atoms with Gasteiger partial charge in [0, 0.05) is 11.0 Å². The predicted molar refractivity (Wildman–Crippen MR) is 70.4 cm³/mol. The van der Waals surface area contributed by atoms with Crippen LogP contribution in [0.15, 0.2) is 27.6 Å². The van der Waals surface area contributed by atoms with Crippen molar-refractivity contribution in [2.75, 3.05) is 6.54 Å². The van der Waals surface area contributed by atoms with Crippen molar-refractivity contribution in [2.45, 2.75) is 31.3 Å². The van der Waals surface area contributed by atoms with Gasteiger partial charge >= 0.3 is 0 Å². The molecule has 1 aromatic carbocycles. The highest BCUT2D eigenvalue weighted by atomic mass is 79.9. The van der Waals surface area contributed by atoms with Crippen molar-refractivity contribution in [3.8, 4) is 0 Å². The van der Waals surface area contributed by atoms with Crippen molar-refractivity contribution in [2.24, 2.45) is 0 Å². The van der Waals surface area contributed by atoms with E-state index in [1.165, 1.54) is 6.07 Å². The van der Waals surface area contributed by atoms with E-state index in [0.717, 1.165) is 4.47 Å². The van der Waals surface area contributed by atoms with Crippen LogP contribution in [0.25, 0.3) is 0 Å². The van der Waals surface area contributed by atoms with Crippen LogP contribution in [0.3, 0.4) is 0 Å². The minimum Gasteiger partial charge on any atom is -0.389 e. The predicted octanol–water partition coefficient (Wildman–Crippen LogP) is 1.81. The molecule has 4 nitrogen and oxygen atoms in total. The van der Waals surface area contributed by atoms with Crippen molar-refractivity contribution < 1.29 is 13.5 Å². The van der Waals surface area contributed by atoms with Gasteiger partial charge in [0.1, 0.15) is 0 Å². The first-order chi connectivity index (χ1) is 7.62. The second-order valence-corrected chi connectivity index (χ2v) is 7.20. The Balaban J connectivity index is 2.98. The molecular weight excluding hydrogens is 306 g/mol. The van der Waals surface area contributed by atoms with Crippen LogP contribution in [-0.4, -0.2) is 25.7 Å². The molecule has 0 spiro atoms. The van der Waals surface area contributed by atoms with Crippen molar-refractivity contribution in [1.82, 2.24) is 4.72 Å². The molecule has 0 amide bonds.